The summed E-state index contributed by atoms with van der Waals surface area (Å²) in [5, 5.41) is 2.75. The first-order valence-electron chi connectivity index (χ1n) is 4.84. The molecule has 0 radical (unpaired) electrons. The molecule has 2 heteroatoms. The molecule has 0 saturated carbocycles. The Balaban J connectivity index is 0. The standard InChI is InChI=1S/2C5H11.ClH.Cu/c2*1-3-5-4-2;;/h2*1,3-5H2,2H3;1H;. The molecule has 0 rings (SSSR count). The molecule has 0 aromatic rings. The Labute approximate surface area is 90.5 Å². The summed E-state index contributed by atoms with van der Waals surface area (Å²) in [4.78, 5) is 0. The summed E-state index contributed by atoms with van der Waals surface area (Å²) in [5.74, 6) is 0. The SMILES string of the molecule is CCCC[CH2][Cu][CH2]CCCC.Cl. The predicted molar refractivity (Wildman–Crippen MR) is 55.9 cm³/mol. The van der Waals surface area contributed by atoms with Gasteiger partial charge in [0.15, 0.2) is 0 Å². The van der Waals surface area contributed by atoms with Gasteiger partial charge in [0.1, 0.15) is 0 Å². The molecule has 0 amide bonds. The molecule has 0 spiro atoms. The van der Waals surface area contributed by atoms with Gasteiger partial charge in [-0.1, -0.05) is 0 Å². The van der Waals surface area contributed by atoms with Crippen LogP contribution in [0.15, 0.2) is 0 Å². The van der Waals surface area contributed by atoms with Crippen LogP contribution in [-0.4, -0.2) is 0 Å². The summed E-state index contributed by atoms with van der Waals surface area (Å²) >= 11 is 2.22. The molecule has 0 aromatic heterocycles. The van der Waals surface area contributed by atoms with Crippen molar-refractivity contribution in [2.24, 2.45) is 0 Å². The van der Waals surface area contributed by atoms with Crippen molar-refractivity contribution in [1.82, 2.24) is 0 Å². The van der Waals surface area contributed by atoms with Crippen molar-refractivity contribution in [3.63, 3.8) is 0 Å². The molecule has 0 saturated heterocycles. The van der Waals surface area contributed by atoms with E-state index < -0.39 is 0 Å². The van der Waals surface area contributed by atoms with E-state index in [1.807, 2.05) is 0 Å². The van der Waals surface area contributed by atoms with Gasteiger partial charge in [-0.2, -0.15) is 0 Å². The van der Waals surface area contributed by atoms with Crippen molar-refractivity contribution in [2.75, 3.05) is 0 Å². The summed E-state index contributed by atoms with van der Waals surface area (Å²) in [6, 6.07) is 0. The Kier molecular flexibility index (Phi) is 18.3. The van der Waals surface area contributed by atoms with Crippen LogP contribution in [0.5, 0.6) is 0 Å². The summed E-state index contributed by atoms with van der Waals surface area (Å²) in [6.07, 6.45) is 8.38. The van der Waals surface area contributed by atoms with Gasteiger partial charge >= 0.3 is 78.0 Å². The quantitative estimate of drug-likeness (QED) is 0.427. The first-order valence-corrected chi connectivity index (χ1v) is 6.17. The van der Waals surface area contributed by atoms with E-state index in [1.165, 1.54) is 49.2 Å². The van der Waals surface area contributed by atoms with Crippen LogP contribution in [-0.2, 0) is 15.0 Å². The maximum atomic E-state index is 2.26. The number of rotatable bonds is 8. The van der Waals surface area contributed by atoms with E-state index in [-0.39, 0.29) is 12.4 Å². The third kappa shape index (κ3) is 13.4. The molecule has 0 aliphatic carbocycles. The van der Waals surface area contributed by atoms with E-state index in [0.29, 0.717) is 0 Å². The second kappa shape index (κ2) is 14.3. The topological polar surface area (TPSA) is 0 Å². The van der Waals surface area contributed by atoms with Crippen molar-refractivity contribution >= 4 is 12.4 Å². The van der Waals surface area contributed by atoms with Gasteiger partial charge in [0, 0.05) is 0 Å². The number of halogens is 1. The third-order valence-electron chi connectivity index (χ3n) is 1.63. The molecule has 0 nitrogen and oxygen atoms in total. The van der Waals surface area contributed by atoms with E-state index in [0.717, 1.165) is 0 Å². The molecule has 0 N–H and O–H groups in total. The Morgan fingerprint density at radius 1 is 0.750 bits per heavy atom. The second-order valence-corrected chi connectivity index (χ2v) is 4.28. The number of unbranched alkanes of at least 4 members (excludes halogenated alkanes) is 4. The van der Waals surface area contributed by atoms with Crippen molar-refractivity contribution in [1.29, 1.82) is 0 Å². The average molecular weight is 242 g/mol. The fourth-order valence-electron chi connectivity index (χ4n) is 0.877. The van der Waals surface area contributed by atoms with Gasteiger partial charge in [-0.15, -0.1) is 12.4 Å². The predicted octanol–water partition coefficient (Wildman–Crippen LogP) is 4.71. The molecular formula is C10H23ClCu. The van der Waals surface area contributed by atoms with Crippen LogP contribution in [0.4, 0.5) is 0 Å². The summed E-state index contributed by atoms with van der Waals surface area (Å²) in [6.45, 7) is 4.53. The molecule has 0 aliphatic heterocycles. The van der Waals surface area contributed by atoms with Gasteiger partial charge in [0.05, 0.1) is 0 Å². The van der Waals surface area contributed by atoms with Gasteiger partial charge in [0.2, 0.25) is 0 Å². The van der Waals surface area contributed by atoms with Gasteiger partial charge < -0.3 is 0 Å². The van der Waals surface area contributed by atoms with Crippen molar-refractivity contribution in [2.45, 2.75) is 63.0 Å². The minimum atomic E-state index is 0. The van der Waals surface area contributed by atoms with E-state index in [2.05, 4.69) is 28.8 Å². The van der Waals surface area contributed by atoms with Crippen LogP contribution < -0.4 is 0 Å². The number of hydrogen-bond acceptors (Lipinski definition) is 0. The van der Waals surface area contributed by atoms with Gasteiger partial charge in [0.25, 0.3) is 0 Å². The molecule has 0 fully saturated rings. The molecule has 12 heavy (non-hydrogen) atoms. The van der Waals surface area contributed by atoms with E-state index in [1.54, 1.807) is 0 Å². The smallest absolute Gasteiger partial charge is 0.147 e. The van der Waals surface area contributed by atoms with E-state index >= 15 is 0 Å². The Bertz CT molecular complexity index is 58.9. The summed E-state index contributed by atoms with van der Waals surface area (Å²) in [5.41, 5.74) is 0. The monoisotopic (exact) mass is 241 g/mol. The zero-order valence-corrected chi connectivity index (χ0v) is 10.1. The summed E-state index contributed by atoms with van der Waals surface area (Å²) < 4.78 is 0. The van der Waals surface area contributed by atoms with Gasteiger partial charge in [-0.05, 0) is 0 Å². The normalized spacial score (nSPS) is 9.83. The molecule has 0 atom stereocenters. The molecule has 0 bridgehead atoms. The first kappa shape index (κ1) is 15.3. The van der Waals surface area contributed by atoms with E-state index in [9.17, 15) is 0 Å². The molecule has 81 valence electrons. The number of hydrogen-bond donors (Lipinski definition) is 0. The minimum absolute atomic E-state index is 0. The van der Waals surface area contributed by atoms with Crippen LogP contribution >= 0.6 is 12.4 Å². The van der Waals surface area contributed by atoms with Crippen molar-refractivity contribution < 1.29 is 15.0 Å². The zero-order chi connectivity index (χ0) is 8.36. The molecule has 0 heterocycles. The Morgan fingerprint density at radius 3 is 1.50 bits per heavy atom. The fourth-order valence-corrected chi connectivity index (χ4v) is 2.05. The molecule has 0 aromatic carbocycles. The maximum absolute atomic E-state index is 2.26. The van der Waals surface area contributed by atoms with Crippen LogP contribution in [0, 0.1) is 0 Å². The van der Waals surface area contributed by atoms with Crippen LogP contribution in [0.2, 0.25) is 10.6 Å². The average Bonchev–Trinajstić information content (AvgIpc) is 2.03. The van der Waals surface area contributed by atoms with Crippen molar-refractivity contribution in [3.05, 3.63) is 0 Å². The molecule has 0 aliphatic rings. The zero-order valence-electron chi connectivity index (χ0n) is 8.37. The first-order chi connectivity index (χ1) is 5.41. The van der Waals surface area contributed by atoms with E-state index in [4.69, 9.17) is 0 Å². The third-order valence-corrected chi connectivity index (χ3v) is 2.97. The Morgan fingerprint density at radius 2 is 1.17 bits per heavy atom. The van der Waals surface area contributed by atoms with Crippen LogP contribution in [0.25, 0.3) is 0 Å². The van der Waals surface area contributed by atoms with Crippen molar-refractivity contribution in [3.8, 4) is 0 Å². The fraction of sp³-hybridized carbons (Fsp3) is 1.00. The second-order valence-electron chi connectivity index (χ2n) is 2.87. The molecular weight excluding hydrogens is 219 g/mol. The van der Waals surface area contributed by atoms with Gasteiger partial charge in [-0.3, -0.25) is 0 Å². The van der Waals surface area contributed by atoms with Crippen LogP contribution in [0.1, 0.15) is 52.4 Å². The Hall–Kier alpha value is 0.809. The minimum Gasteiger partial charge on any atom is -0.147 e. The molecule has 0 unspecified atom stereocenters. The maximum Gasteiger partial charge on any atom is -0.147 e. The summed E-state index contributed by atoms with van der Waals surface area (Å²) in [7, 11) is 0. The van der Waals surface area contributed by atoms with Gasteiger partial charge in [-0.25, -0.2) is 0 Å². The largest absolute Gasteiger partial charge is 0.147 e. The van der Waals surface area contributed by atoms with Crippen LogP contribution in [0.3, 0.4) is 0 Å².